The Morgan fingerprint density at radius 2 is 1.63 bits per heavy atom. The predicted octanol–water partition coefficient (Wildman–Crippen LogP) is 3.09. The Morgan fingerprint density at radius 3 is 2.15 bits per heavy atom. The number of rotatable bonds is 8. The summed E-state index contributed by atoms with van der Waals surface area (Å²) in [7, 11) is 0. The van der Waals surface area contributed by atoms with Gasteiger partial charge in [-0.05, 0) is 50.2 Å². The van der Waals surface area contributed by atoms with Crippen molar-refractivity contribution < 1.29 is 19.2 Å². The number of ether oxygens (including phenoxy) is 1. The van der Waals surface area contributed by atoms with Crippen LogP contribution in [0.2, 0.25) is 0 Å². The van der Waals surface area contributed by atoms with Gasteiger partial charge in [-0.3, -0.25) is 19.7 Å². The number of hydrogen-bond donors (Lipinski definition) is 1. The highest BCUT2D eigenvalue weighted by atomic mass is 16.6. The van der Waals surface area contributed by atoms with Gasteiger partial charge >= 0.3 is 0 Å². The summed E-state index contributed by atoms with van der Waals surface area (Å²) < 4.78 is 5.40. The molecule has 8 nitrogen and oxygen atoms in total. The lowest BCUT2D eigenvalue weighted by Gasteiger charge is -2.18. The van der Waals surface area contributed by atoms with E-state index in [1.807, 2.05) is 13.8 Å². The molecule has 0 atom stereocenters. The first-order valence-electron chi connectivity index (χ1n) is 8.51. The molecule has 0 saturated carbocycles. The van der Waals surface area contributed by atoms with Gasteiger partial charge in [-0.25, -0.2) is 0 Å². The van der Waals surface area contributed by atoms with Crippen LogP contribution in [0.1, 0.15) is 24.2 Å². The lowest BCUT2D eigenvalue weighted by molar-refractivity contribution is -0.384. The van der Waals surface area contributed by atoms with Gasteiger partial charge in [-0.15, -0.1) is 0 Å². The normalized spacial score (nSPS) is 10.1. The summed E-state index contributed by atoms with van der Waals surface area (Å²) >= 11 is 0. The minimum atomic E-state index is -0.511. The van der Waals surface area contributed by atoms with Gasteiger partial charge in [0.1, 0.15) is 5.75 Å². The number of amides is 2. The highest BCUT2D eigenvalue weighted by molar-refractivity contribution is 5.94. The fraction of sp³-hybridized carbons (Fsp3) is 0.263. The minimum absolute atomic E-state index is 0.0522. The Balaban J connectivity index is 1.87. The van der Waals surface area contributed by atoms with Crippen molar-refractivity contribution in [3.05, 3.63) is 64.2 Å². The number of carbonyl (C=O) groups excluding carboxylic acids is 2. The van der Waals surface area contributed by atoms with Crippen molar-refractivity contribution in [3.8, 4) is 5.75 Å². The molecule has 2 rings (SSSR count). The molecule has 27 heavy (non-hydrogen) atoms. The van der Waals surface area contributed by atoms with Gasteiger partial charge in [0.15, 0.2) is 6.61 Å². The van der Waals surface area contributed by atoms with Crippen LogP contribution in [0, 0.1) is 10.1 Å². The number of non-ortho nitro benzene ring substituents is 1. The molecule has 2 aromatic rings. The van der Waals surface area contributed by atoms with Crippen LogP contribution >= 0.6 is 0 Å². The highest BCUT2D eigenvalue weighted by Gasteiger charge is 2.12. The number of nitrogens with one attached hydrogen (secondary N) is 1. The standard InChI is InChI=1S/C19H21N3O5/c1-3-21(4-2)19(24)14-5-11-17(12-6-14)27-13-18(23)20-15-7-9-16(10-8-15)22(25)26/h5-12H,3-4,13H2,1-2H3,(H,20,23). The van der Waals surface area contributed by atoms with E-state index in [2.05, 4.69) is 5.32 Å². The summed E-state index contributed by atoms with van der Waals surface area (Å²) in [4.78, 5) is 36.0. The molecular weight excluding hydrogens is 350 g/mol. The summed E-state index contributed by atoms with van der Waals surface area (Å²) in [5, 5.41) is 13.2. The van der Waals surface area contributed by atoms with Crippen LogP contribution in [0.25, 0.3) is 0 Å². The molecule has 0 bridgehead atoms. The molecule has 0 aromatic heterocycles. The zero-order chi connectivity index (χ0) is 19.8. The van der Waals surface area contributed by atoms with E-state index in [9.17, 15) is 19.7 Å². The van der Waals surface area contributed by atoms with Crippen molar-refractivity contribution >= 4 is 23.2 Å². The van der Waals surface area contributed by atoms with Gasteiger partial charge < -0.3 is 15.0 Å². The SMILES string of the molecule is CCN(CC)C(=O)c1ccc(OCC(=O)Nc2ccc([N+](=O)[O-])cc2)cc1. The number of hydrogen-bond acceptors (Lipinski definition) is 5. The van der Waals surface area contributed by atoms with Gasteiger partial charge in [0.2, 0.25) is 0 Å². The molecule has 0 fully saturated rings. The molecule has 2 aromatic carbocycles. The van der Waals surface area contributed by atoms with Crippen LogP contribution in [-0.4, -0.2) is 41.3 Å². The Morgan fingerprint density at radius 1 is 1.04 bits per heavy atom. The summed E-state index contributed by atoms with van der Waals surface area (Å²) in [5.41, 5.74) is 0.944. The number of nitro groups is 1. The minimum Gasteiger partial charge on any atom is -0.484 e. The van der Waals surface area contributed by atoms with Crippen LogP contribution in [0.3, 0.4) is 0 Å². The average Bonchev–Trinajstić information content (AvgIpc) is 2.68. The van der Waals surface area contributed by atoms with E-state index in [0.717, 1.165) is 0 Å². The predicted molar refractivity (Wildman–Crippen MR) is 101 cm³/mol. The van der Waals surface area contributed by atoms with Crippen LogP contribution in [0.5, 0.6) is 5.75 Å². The Labute approximate surface area is 156 Å². The van der Waals surface area contributed by atoms with Gasteiger partial charge in [-0.2, -0.15) is 0 Å². The highest BCUT2D eigenvalue weighted by Crippen LogP contribution is 2.16. The second kappa shape index (κ2) is 9.33. The maximum absolute atomic E-state index is 12.2. The fourth-order valence-corrected chi connectivity index (χ4v) is 2.40. The molecule has 0 radical (unpaired) electrons. The summed E-state index contributed by atoms with van der Waals surface area (Å²) in [6.45, 7) is 4.89. The van der Waals surface area contributed by atoms with E-state index in [1.54, 1.807) is 29.2 Å². The van der Waals surface area contributed by atoms with Crippen LogP contribution in [0.15, 0.2) is 48.5 Å². The molecular formula is C19H21N3O5. The van der Waals surface area contributed by atoms with Crippen LogP contribution < -0.4 is 10.1 Å². The van der Waals surface area contributed by atoms with Crippen molar-refractivity contribution in [3.63, 3.8) is 0 Å². The third-order valence-corrected chi connectivity index (χ3v) is 3.88. The van der Waals surface area contributed by atoms with Crippen molar-refractivity contribution in [1.82, 2.24) is 4.90 Å². The first-order chi connectivity index (χ1) is 12.9. The summed E-state index contributed by atoms with van der Waals surface area (Å²) in [6, 6.07) is 12.1. The number of nitro benzene ring substituents is 1. The molecule has 8 heteroatoms. The molecule has 0 heterocycles. The molecule has 0 saturated heterocycles. The first kappa shape index (κ1) is 19.9. The molecule has 0 aliphatic rings. The molecule has 0 aliphatic heterocycles. The van der Waals surface area contributed by atoms with Gasteiger partial charge in [0, 0.05) is 36.5 Å². The average molecular weight is 371 g/mol. The van der Waals surface area contributed by atoms with E-state index < -0.39 is 10.8 Å². The number of carbonyl (C=O) groups is 2. The van der Waals surface area contributed by atoms with Crippen LogP contribution in [0.4, 0.5) is 11.4 Å². The number of benzene rings is 2. The van der Waals surface area contributed by atoms with E-state index in [4.69, 9.17) is 4.74 Å². The Bertz CT molecular complexity index is 799. The number of anilines is 1. The zero-order valence-corrected chi connectivity index (χ0v) is 15.2. The monoisotopic (exact) mass is 371 g/mol. The van der Waals surface area contributed by atoms with Crippen molar-refractivity contribution in [1.29, 1.82) is 0 Å². The Kier molecular flexibility index (Phi) is 6.87. The third kappa shape index (κ3) is 5.53. The van der Waals surface area contributed by atoms with E-state index in [0.29, 0.717) is 30.1 Å². The quantitative estimate of drug-likeness (QED) is 0.567. The molecule has 0 aliphatic carbocycles. The van der Waals surface area contributed by atoms with Crippen molar-refractivity contribution in [2.45, 2.75) is 13.8 Å². The number of nitrogens with zero attached hydrogens (tertiary/aromatic N) is 2. The second-order valence-electron chi connectivity index (χ2n) is 5.64. The van der Waals surface area contributed by atoms with Gasteiger partial charge in [-0.1, -0.05) is 0 Å². The third-order valence-electron chi connectivity index (χ3n) is 3.88. The second-order valence-corrected chi connectivity index (χ2v) is 5.64. The zero-order valence-electron chi connectivity index (χ0n) is 15.2. The van der Waals surface area contributed by atoms with Crippen LogP contribution in [-0.2, 0) is 4.79 Å². The topological polar surface area (TPSA) is 102 Å². The molecule has 1 N–H and O–H groups in total. The Hall–Kier alpha value is -3.42. The van der Waals surface area contributed by atoms with Crippen molar-refractivity contribution in [2.24, 2.45) is 0 Å². The fourth-order valence-electron chi connectivity index (χ4n) is 2.40. The van der Waals surface area contributed by atoms with E-state index >= 15 is 0 Å². The maximum Gasteiger partial charge on any atom is 0.269 e. The molecule has 0 unspecified atom stereocenters. The van der Waals surface area contributed by atoms with Crippen molar-refractivity contribution in [2.75, 3.05) is 25.0 Å². The smallest absolute Gasteiger partial charge is 0.269 e. The van der Waals surface area contributed by atoms with Gasteiger partial charge in [0.05, 0.1) is 4.92 Å². The molecule has 0 spiro atoms. The maximum atomic E-state index is 12.2. The molecule has 2 amide bonds. The first-order valence-corrected chi connectivity index (χ1v) is 8.51. The van der Waals surface area contributed by atoms with Gasteiger partial charge in [0.25, 0.3) is 17.5 Å². The lowest BCUT2D eigenvalue weighted by atomic mass is 10.2. The van der Waals surface area contributed by atoms with E-state index in [-0.39, 0.29) is 18.2 Å². The van der Waals surface area contributed by atoms with E-state index in [1.165, 1.54) is 24.3 Å². The summed E-state index contributed by atoms with van der Waals surface area (Å²) in [6.07, 6.45) is 0. The summed E-state index contributed by atoms with van der Waals surface area (Å²) in [5.74, 6) is 0.0135. The lowest BCUT2D eigenvalue weighted by Crippen LogP contribution is -2.30. The molecule has 142 valence electrons. The largest absolute Gasteiger partial charge is 0.484 e.